The van der Waals surface area contributed by atoms with E-state index in [1.165, 1.54) is 0 Å². The molecule has 1 rings (SSSR count). The third-order valence-corrected chi connectivity index (χ3v) is 1.33. The second-order valence-electron chi connectivity index (χ2n) is 1.20. The second kappa shape index (κ2) is 1.30. The Hall–Kier alpha value is 0.0300. The Morgan fingerprint density at radius 2 is 1.50 bits per heavy atom. The van der Waals surface area contributed by atoms with Gasteiger partial charge in [-0.15, -0.1) is 0 Å². The molecule has 0 spiro atoms. The Morgan fingerprint density at radius 3 is 1.50 bits per heavy atom. The van der Waals surface area contributed by atoms with Crippen molar-refractivity contribution in [2.24, 2.45) is 0 Å². The molecule has 0 aromatic carbocycles. The van der Waals surface area contributed by atoms with Crippen LogP contribution >= 0.6 is 12.0 Å². The van der Waals surface area contributed by atoms with Crippen molar-refractivity contribution in [3.05, 3.63) is 0 Å². The average molecular weight is 148 g/mol. The van der Waals surface area contributed by atoms with E-state index in [0.717, 1.165) is 0 Å². The van der Waals surface area contributed by atoms with Crippen LogP contribution < -0.4 is 0 Å². The highest BCUT2D eigenvalue weighted by Gasteiger charge is 2.69. The fourth-order valence-corrected chi connectivity index (χ4v) is 0.503. The lowest BCUT2D eigenvalue weighted by molar-refractivity contribution is -0.301. The molecule has 0 atom stereocenters. The van der Waals surface area contributed by atoms with E-state index in [-0.39, 0.29) is 0 Å². The van der Waals surface area contributed by atoms with Crippen molar-refractivity contribution in [1.29, 1.82) is 0 Å². The van der Waals surface area contributed by atoms with Crippen LogP contribution in [0.5, 0.6) is 0 Å². The van der Waals surface area contributed by atoms with Crippen molar-refractivity contribution in [2.45, 2.75) is 11.4 Å². The van der Waals surface area contributed by atoms with Crippen LogP contribution in [0.25, 0.3) is 0 Å². The summed E-state index contributed by atoms with van der Waals surface area (Å²) in [6, 6.07) is 0. The summed E-state index contributed by atoms with van der Waals surface area (Å²) in [5.41, 5.74) is 0. The maximum atomic E-state index is 11.4. The summed E-state index contributed by atoms with van der Waals surface area (Å²) < 4.78 is 48.6. The SMILES string of the molecule is FC1(F)OSC1(F)F. The molecule has 0 amide bonds. The zero-order valence-corrected chi connectivity index (χ0v) is 4.14. The van der Waals surface area contributed by atoms with Gasteiger partial charge in [0.15, 0.2) is 0 Å². The van der Waals surface area contributed by atoms with Crippen molar-refractivity contribution >= 4 is 12.0 Å². The largest absolute Gasteiger partial charge is 0.442 e. The fraction of sp³-hybridized carbons (Fsp3) is 1.00. The lowest BCUT2D eigenvalue weighted by Gasteiger charge is -2.32. The van der Waals surface area contributed by atoms with Crippen LogP contribution in [0.1, 0.15) is 0 Å². The van der Waals surface area contributed by atoms with Gasteiger partial charge in [0.2, 0.25) is 0 Å². The molecular weight excluding hydrogens is 148 g/mol. The number of rotatable bonds is 0. The molecule has 0 aromatic rings. The first-order valence-electron chi connectivity index (χ1n) is 1.58. The van der Waals surface area contributed by atoms with Gasteiger partial charge in [0.1, 0.15) is 0 Å². The van der Waals surface area contributed by atoms with Crippen LogP contribution in [0.4, 0.5) is 17.6 Å². The molecule has 0 bridgehead atoms. The van der Waals surface area contributed by atoms with Crippen molar-refractivity contribution in [2.75, 3.05) is 0 Å². The molecule has 0 radical (unpaired) electrons. The van der Waals surface area contributed by atoms with Crippen molar-refractivity contribution < 1.29 is 21.7 Å². The predicted molar refractivity (Wildman–Crippen MR) is 18.6 cm³/mol. The Bertz CT molecular complexity index is 98.6. The van der Waals surface area contributed by atoms with Gasteiger partial charge in [-0.25, -0.2) is 4.18 Å². The number of halogens is 4. The van der Waals surface area contributed by atoms with Crippen LogP contribution in [-0.2, 0) is 4.18 Å². The number of hydrogen-bond acceptors (Lipinski definition) is 2. The zero-order valence-electron chi connectivity index (χ0n) is 3.33. The summed E-state index contributed by atoms with van der Waals surface area (Å²) in [6.45, 7) is 0. The summed E-state index contributed by atoms with van der Waals surface area (Å²) >= 11 is -0.514. The summed E-state index contributed by atoms with van der Waals surface area (Å²) in [5, 5.41) is -4.02. The van der Waals surface area contributed by atoms with Crippen LogP contribution in [0.2, 0.25) is 0 Å². The highest BCUT2D eigenvalue weighted by atomic mass is 32.2. The molecule has 0 N–H and O–H groups in total. The molecule has 1 aliphatic heterocycles. The molecule has 8 heavy (non-hydrogen) atoms. The molecule has 0 aliphatic carbocycles. The summed E-state index contributed by atoms with van der Waals surface area (Å²) in [5.74, 6) is 0. The van der Waals surface area contributed by atoms with Gasteiger partial charge >= 0.3 is 11.4 Å². The lowest BCUT2D eigenvalue weighted by Crippen LogP contribution is -2.47. The summed E-state index contributed by atoms with van der Waals surface area (Å²) in [7, 11) is 0. The van der Waals surface area contributed by atoms with Gasteiger partial charge in [-0.3, -0.25) is 0 Å². The highest BCUT2D eigenvalue weighted by Crippen LogP contribution is 2.56. The molecule has 1 saturated heterocycles. The van der Waals surface area contributed by atoms with E-state index in [1.54, 1.807) is 0 Å². The normalized spacial score (nSPS) is 31.5. The number of hydrogen-bond donors (Lipinski definition) is 0. The Kier molecular flexibility index (Phi) is 0.999. The van der Waals surface area contributed by atoms with Gasteiger partial charge < -0.3 is 0 Å². The molecule has 0 saturated carbocycles. The number of alkyl halides is 4. The van der Waals surface area contributed by atoms with Crippen molar-refractivity contribution in [3.8, 4) is 0 Å². The van der Waals surface area contributed by atoms with E-state index >= 15 is 0 Å². The Labute approximate surface area is 46.2 Å². The molecule has 0 aromatic heterocycles. The Morgan fingerprint density at radius 1 is 1.12 bits per heavy atom. The van der Waals surface area contributed by atoms with E-state index in [4.69, 9.17) is 0 Å². The van der Waals surface area contributed by atoms with Gasteiger partial charge in [-0.2, -0.15) is 17.6 Å². The van der Waals surface area contributed by atoms with Crippen molar-refractivity contribution in [1.82, 2.24) is 0 Å². The van der Waals surface area contributed by atoms with E-state index in [1.807, 2.05) is 0 Å². The molecule has 6 heteroatoms. The average Bonchev–Trinajstić information content (AvgIpc) is 1.64. The van der Waals surface area contributed by atoms with Crippen LogP contribution in [-0.4, -0.2) is 11.4 Å². The first-order valence-corrected chi connectivity index (χ1v) is 2.32. The minimum Gasteiger partial charge on any atom is -0.237 e. The predicted octanol–water partition coefficient (Wildman–Crippen LogP) is 1.85. The Balaban J connectivity index is 2.63. The maximum absolute atomic E-state index is 11.4. The smallest absolute Gasteiger partial charge is 0.237 e. The molecule has 1 heterocycles. The summed E-state index contributed by atoms with van der Waals surface area (Å²) in [6.07, 6.45) is -4.25. The molecule has 1 aliphatic rings. The van der Waals surface area contributed by atoms with Crippen LogP contribution in [0.15, 0.2) is 0 Å². The molecular formula is C2F4OS. The highest BCUT2D eigenvalue weighted by molar-refractivity contribution is 7.97. The van der Waals surface area contributed by atoms with Gasteiger partial charge in [0.05, 0.1) is 12.0 Å². The van der Waals surface area contributed by atoms with E-state index in [9.17, 15) is 17.6 Å². The fourth-order valence-electron chi connectivity index (χ4n) is 0.168. The van der Waals surface area contributed by atoms with Gasteiger partial charge in [-0.05, 0) is 0 Å². The minimum atomic E-state index is -4.25. The second-order valence-corrected chi connectivity index (χ2v) is 2.05. The van der Waals surface area contributed by atoms with Crippen LogP contribution in [0.3, 0.4) is 0 Å². The van der Waals surface area contributed by atoms with Crippen molar-refractivity contribution in [3.63, 3.8) is 0 Å². The van der Waals surface area contributed by atoms with Gasteiger partial charge in [-0.1, -0.05) is 0 Å². The molecule has 1 fully saturated rings. The topological polar surface area (TPSA) is 9.23 Å². The van der Waals surface area contributed by atoms with E-state index < -0.39 is 23.4 Å². The maximum Gasteiger partial charge on any atom is 0.442 e. The minimum absolute atomic E-state index is 0.514. The zero-order chi connectivity index (χ0) is 6.41. The first kappa shape index (κ1) is 6.15. The van der Waals surface area contributed by atoms with Crippen LogP contribution in [0, 0.1) is 0 Å². The molecule has 48 valence electrons. The third-order valence-electron chi connectivity index (χ3n) is 0.590. The monoisotopic (exact) mass is 148 g/mol. The molecule has 0 unspecified atom stereocenters. The lowest BCUT2D eigenvalue weighted by atomic mass is 10.6. The van der Waals surface area contributed by atoms with Gasteiger partial charge in [0.25, 0.3) is 0 Å². The standard InChI is InChI=1S/C2F4OS/c3-1(4)2(5,6)8-7-1. The van der Waals surface area contributed by atoms with E-state index in [2.05, 4.69) is 4.18 Å². The quantitative estimate of drug-likeness (QED) is 0.383. The molecule has 1 nitrogen and oxygen atoms in total. The first-order chi connectivity index (χ1) is 3.46. The van der Waals surface area contributed by atoms with E-state index in [0.29, 0.717) is 0 Å². The summed E-state index contributed by atoms with van der Waals surface area (Å²) in [4.78, 5) is 0. The third kappa shape index (κ3) is 0.594. The van der Waals surface area contributed by atoms with Gasteiger partial charge in [0, 0.05) is 0 Å².